The van der Waals surface area contributed by atoms with Gasteiger partial charge >= 0.3 is 0 Å². The molecule has 0 fully saturated rings. The van der Waals surface area contributed by atoms with Gasteiger partial charge in [-0.05, 0) is 68.5 Å². The second kappa shape index (κ2) is 7.18. The number of rotatable bonds is 6. The summed E-state index contributed by atoms with van der Waals surface area (Å²) in [4.78, 5) is 0. The van der Waals surface area contributed by atoms with Crippen molar-refractivity contribution in [3.63, 3.8) is 0 Å². The molecule has 0 bridgehead atoms. The molecule has 0 saturated heterocycles. The Labute approximate surface area is 140 Å². The summed E-state index contributed by atoms with van der Waals surface area (Å²) in [6.07, 6.45) is 0. The second-order valence-corrected chi connectivity index (χ2v) is 6.59. The number of benzene rings is 2. The molecule has 2 heteroatoms. The zero-order valence-electron chi connectivity index (χ0n) is 15.1. The highest BCUT2D eigenvalue weighted by Gasteiger charge is 2.31. The molecule has 23 heavy (non-hydrogen) atoms. The lowest BCUT2D eigenvalue weighted by Gasteiger charge is -2.34. The van der Waals surface area contributed by atoms with E-state index in [1.807, 2.05) is 19.1 Å². The normalized spacial score (nSPS) is 13.9. The van der Waals surface area contributed by atoms with E-state index in [1.165, 1.54) is 5.56 Å². The Balaban J connectivity index is 2.34. The maximum atomic E-state index is 6.13. The van der Waals surface area contributed by atoms with Gasteiger partial charge in [0, 0.05) is 6.61 Å². The molecule has 0 spiro atoms. The van der Waals surface area contributed by atoms with Gasteiger partial charge in [-0.15, -0.1) is 0 Å². The van der Waals surface area contributed by atoms with Crippen molar-refractivity contribution in [3.05, 3.63) is 59.2 Å². The summed E-state index contributed by atoms with van der Waals surface area (Å²) in [5.74, 6) is 2.13. The van der Waals surface area contributed by atoms with E-state index in [9.17, 15) is 0 Å². The largest absolute Gasteiger partial charge is 0.457 e. The third-order valence-electron chi connectivity index (χ3n) is 4.52. The van der Waals surface area contributed by atoms with Crippen LogP contribution in [0.3, 0.4) is 0 Å². The molecule has 0 heterocycles. The second-order valence-electron chi connectivity index (χ2n) is 6.59. The highest BCUT2D eigenvalue weighted by Crippen LogP contribution is 2.36. The van der Waals surface area contributed by atoms with Crippen molar-refractivity contribution in [2.45, 2.75) is 47.1 Å². The van der Waals surface area contributed by atoms with Crippen LogP contribution in [0, 0.1) is 19.8 Å². The smallest absolute Gasteiger partial charge is 0.130 e. The standard InChI is InChI=1S/C21H28O2/c1-7-22-21(6,15(2)3)18-9-8-10-19(14-18)23-20-13-16(4)11-12-17(20)5/h8-15H,7H2,1-6H3. The van der Waals surface area contributed by atoms with E-state index >= 15 is 0 Å². The van der Waals surface area contributed by atoms with Crippen LogP contribution in [0.1, 0.15) is 44.4 Å². The van der Waals surface area contributed by atoms with Crippen molar-refractivity contribution < 1.29 is 9.47 Å². The average molecular weight is 312 g/mol. The van der Waals surface area contributed by atoms with Crippen LogP contribution in [0.4, 0.5) is 0 Å². The van der Waals surface area contributed by atoms with Crippen LogP contribution < -0.4 is 4.74 Å². The van der Waals surface area contributed by atoms with Crippen LogP contribution >= 0.6 is 0 Å². The number of aryl methyl sites for hydroxylation is 2. The van der Waals surface area contributed by atoms with Gasteiger partial charge in [-0.3, -0.25) is 0 Å². The van der Waals surface area contributed by atoms with E-state index in [-0.39, 0.29) is 5.60 Å². The number of hydrogen-bond acceptors (Lipinski definition) is 2. The van der Waals surface area contributed by atoms with Crippen LogP contribution in [-0.4, -0.2) is 6.61 Å². The minimum absolute atomic E-state index is 0.310. The van der Waals surface area contributed by atoms with E-state index in [1.54, 1.807) is 0 Å². The number of hydrogen-bond donors (Lipinski definition) is 0. The first kappa shape index (κ1) is 17.6. The lowest BCUT2D eigenvalue weighted by molar-refractivity contribution is -0.0644. The van der Waals surface area contributed by atoms with Crippen molar-refractivity contribution in [3.8, 4) is 11.5 Å². The maximum Gasteiger partial charge on any atom is 0.130 e. The molecule has 0 saturated carbocycles. The van der Waals surface area contributed by atoms with Gasteiger partial charge in [0.1, 0.15) is 11.5 Å². The first-order valence-corrected chi connectivity index (χ1v) is 8.36. The van der Waals surface area contributed by atoms with E-state index in [4.69, 9.17) is 9.47 Å². The summed E-state index contributed by atoms with van der Waals surface area (Å²) < 4.78 is 12.2. The van der Waals surface area contributed by atoms with E-state index in [2.05, 4.69) is 65.0 Å². The van der Waals surface area contributed by atoms with Gasteiger partial charge in [-0.2, -0.15) is 0 Å². The average Bonchev–Trinajstić information content (AvgIpc) is 2.51. The molecule has 1 atom stereocenters. The van der Waals surface area contributed by atoms with Gasteiger partial charge in [-0.25, -0.2) is 0 Å². The quantitative estimate of drug-likeness (QED) is 0.651. The van der Waals surface area contributed by atoms with Crippen LogP contribution in [0.5, 0.6) is 11.5 Å². The van der Waals surface area contributed by atoms with Gasteiger partial charge in [0.2, 0.25) is 0 Å². The summed E-state index contributed by atoms with van der Waals surface area (Å²) >= 11 is 0. The molecule has 0 aliphatic rings. The van der Waals surface area contributed by atoms with Crippen LogP contribution in [0.15, 0.2) is 42.5 Å². The molecule has 2 nitrogen and oxygen atoms in total. The Bertz CT molecular complexity index is 661. The summed E-state index contributed by atoms with van der Waals surface area (Å²) in [6.45, 7) is 13.4. The summed E-state index contributed by atoms with van der Waals surface area (Å²) in [7, 11) is 0. The predicted octanol–water partition coefficient (Wildman–Crippen LogP) is 6.00. The fourth-order valence-corrected chi connectivity index (χ4v) is 2.70. The van der Waals surface area contributed by atoms with Crippen LogP contribution in [-0.2, 0) is 10.3 Å². The Morgan fingerprint density at radius 2 is 1.78 bits per heavy atom. The van der Waals surface area contributed by atoms with Gasteiger partial charge in [-0.1, -0.05) is 38.1 Å². The summed E-state index contributed by atoms with van der Waals surface area (Å²) in [5.41, 5.74) is 3.17. The third-order valence-corrected chi connectivity index (χ3v) is 4.52. The molecule has 0 aliphatic carbocycles. The lowest BCUT2D eigenvalue weighted by atomic mass is 9.85. The highest BCUT2D eigenvalue weighted by molar-refractivity contribution is 5.41. The van der Waals surface area contributed by atoms with Crippen molar-refractivity contribution in [2.75, 3.05) is 6.61 Å². The molecule has 2 aromatic rings. The Morgan fingerprint density at radius 1 is 1.04 bits per heavy atom. The van der Waals surface area contributed by atoms with E-state index < -0.39 is 0 Å². The molecule has 2 rings (SSSR count). The topological polar surface area (TPSA) is 18.5 Å². The van der Waals surface area contributed by atoms with Gasteiger partial charge < -0.3 is 9.47 Å². The molecule has 0 aliphatic heterocycles. The van der Waals surface area contributed by atoms with Crippen molar-refractivity contribution in [1.82, 2.24) is 0 Å². The van der Waals surface area contributed by atoms with Crippen LogP contribution in [0.25, 0.3) is 0 Å². The van der Waals surface area contributed by atoms with Crippen molar-refractivity contribution in [2.24, 2.45) is 5.92 Å². The van der Waals surface area contributed by atoms with Gasteiger partial charge in [0.05, 0.1) is 5.60 Å². The maximum absolute atomic E-state index is 6.13. The van der Waals surface area contributed by atoms with Crippen LogP contribution in [0.2, 0.25) is 0 Å². The molecule has 1 unspecified atom stereocenters. The summed E-state index contributed by atoms with van der Waals surface area (Å²) in [6, 6.07) is 14.5. The molecule has 0 radical (unpaired) electrons. The van der Waals surface area contributed by atoms with Gasteiger partial charge in [0.25, 0.3) is 0 Å². The molecule has 0 N–H and O–H groups in total. The lowest BCUT2D eigenvalue weighted by Crippen LogP contribution is -2.32. The minimum atomic E-state index is -0.310. The Kier molecular flexibility index (Phi) is 5.48. The molecule has 0 amide bonds. The van der Waals surface area contributed by atoms with Crippen molar-refractivity contribution >= 4 is 0 Å². The highest BCUT2D eigenvalue weighted by atomic mass is 16.5. The Hall–Kier alpha value is -1.80. The first-order valence-electron chi connectivity index (χ1n) is 8.36. The number of ether oxygens (including phenoxy) is 2. The molecular weight excluding hydrogens is 284 g/mol. The monoisotopic (exact) mass is 312 g/mol. The minimum Gasteiger partial charge on any atom is -0.457 e. The summed E-state index contributed by atoms with van der Waals surface area (Å²) in [5, 5.41) is 0. The third kappa shape index (κ3) is 3.94. The molecule has 2 aromatic carbocycles. The van der Waals surface area contributed by atoms with Crippen molar-refractivity contribution in [1.29, 1.82) is 0 Å². The molecular formula is C21H28O2. The Morgan fingerprint density at radius 3 is 2.43 bits per heavy atom. The zero-order valence-corrected chi connectivity index (χ0v) is 15.1. The van der Waals surface area contributed by atoms with Gasteiger partial charge in [0.15, 0.2) is 0 Å². The first-order chi connectivity index (χ1) is 10.9. The fourth-order valence-electron chi connectivity index (χ4n) is 2.70. The fraction of sp³-hybridized carbons (Fsp3) is 0.429. The predicted molar refractivity (Wildman–Crippen MR) is 96.2 cm³/mol. The SMILES string of the molecule is CCOC(C)(c1cccc(Oc2cc(C)ccc2C)c1)C(C)C. The zero-order chi connectivity index (χ0) is 17.0. The molecule has 124 valence electrons. The van der Waals surface area contributed by atoms with E-state index in [0.717, 1.165) is 22.6 Å². The molecule has 0 aromatic heterocycles. The van der Waals surface area contributed by atoms with E-state index in [0.29, 0.717) is 12.5 Å².